The molecule has 0 saturated carbocycles. The minimum atomic E-state index is -4.32. The second-order valence-corrected chi connectivity index (χ2v) is 18.6. The molecule has 3 unspecified atom stereocenters. The van der Waals surface area contributed by atoms with Crippen LogP contribution >= 0.6 is 7.82 Å². The number of rotatable bonds is 42. The zero-order chi connectivity index (χ0) is 46.4. The molecule has 0 aliphatic rings. The van der Waals surface area contributed by atoms with Crippen LogP contribution in [0, 0.1) is 0 Å². The molecule has 358 valence electrons. The Labute approximate surface area is 386 Å². The first-order valence-electron chi connectivity index (χ1n) is 24.4. The number of phosphoric acid groups is 1. The number of nitrogens with zero attached hydrogens (tertiary/aromatic N) is 1. The topological polar surface area (TPSA) is 105 Å². The number of carbonyl (C=O) groups excluding carboxylic acids is 1. The number of nitrogens with one attached hydrogen (secondary N) is 1. The standard InChI is InChI=1S/C54H91N2O6P/c1-6-8-10-12-14-15-16-17-18-19-20-21-22-23-24-25-26-27-28-29-30-31-32-33-34-35-36-37-38-39-40-41-42-44-46-48-54(58)55-52(53(57)47-45-43-13-11-9-7-2)51-62-63(59,60)61-50-49-56(3,4)5/h8,10,14-15,17-18,20-21,23-24,26-27,29-30,32-33,35-36,38-39,52-53,57H,6-7,9,11-13,16,19,22,25,28,31,34,37,40-51H2,1-5H3,(H-,55,58,59,60)/p+1/b10-8-,15-14-,18-17-,21-20-,24-23-,27-26-,30-29-,33-32-,36-35-,39-38-. The van der Waals surface area contributed by atoms with Crippen LogP contribution in [0.1, 0.15) is 162 Å². The number of phosphoric ester groups is 1. The fourth-order valence-electron chi connectivity index (χ4n) is 6.13. The van der Waals surface area contributed by atoms with Gasteiger partial charge in [0.05, 0.1) is 39.9 Å². The smallest absolute Gasteiger partial charge is 0.391 e. The summed E-state index contributed by atoms with van der Waals surface area (Å²) < 4.78 is 23.5. The van der Waals surface area contributed by atoms with Crippen molar-refractivity contribution in [2.75, 3.05) is 40.9 Å². The van der Waals surface area contributed by atoms with E-state index in [1.807, 2.05) is 21.1 Å². The predicted octanol–water partition coefficient (Wildman–Crippen LogP) is 14.2. The number of hydrogen-bond donors (Lipinski definition) is 3. The van der Waals surface area contributed by atoms with Crippen molar-refractivity contribution in [3.63, 3.8) is 0 Å². The molecule has 1 amide bonds. The molecule has 0 aromatic carbocycles. The van der Waals surface area contributed by atoms with Gasteiger partial charge in [-0.2, -0.15) is 0 Å². The lowest BCUT2D eigenvalue weighted by molar-refractivity contribution is -0.870. The largest absolute Gasteiger partial charge is 0.472 e. The SMILES string of the molecule is CC/C=C\C/C=C\C/C=C\C/C=C\C/C=C\C/C=C\C/C=C\C/C=C\C/C=C\C/C=C\CCCCCCC(=O)NC(COP(=O)(O)OCC[N+](C)(C)C)C(O)CCCCCCCC. The van der Waals surface area contributed by atoms with E-state index in [1.165, 1.54) is 19.3 Å². The van der Waals surface area contributed by atoms with Gasteiger partial charge < -0.3 is 19.8 Å². The summed E-state index contributed by atoms with van der Waals surface area (Å²) in [5.41, 5.74) is 0. The maximum Gasteiger partial charge on any atom is 0.472 e. The lowest BCUT2D eigenvalue weighted by atomic mass is 10.0. The number of quaternary nitrogens is 1. The van der Waals surface area contributed by atoms with Crippen molar-refractivity contribution < 1.29 is 32.9 Å². The summed E-state index contributed by atoms with van der Waals surface area (Å²) in [5, 5.41) is 13.8. The summed E-state index contributed by atoms with van der Waals surface area (Å²) in [4.78, 5) is 23.0. The van der Waals surface area contributed by atoms with Crippen LogP contribution in [0.3, 0.4) is 0 Å². The first-order valence-corrected chi connectivity index (χ1v) is 25.9. The Kier molecular flexibility index (Phi) is 41.9. The molecular formula is C54H92N2O6P+. The first kappa shape index (κ1) is 59.9. The monoisotopic (exact) mass is 896 g/mol. The highest BCUT2D eigenvalue weighted by Gasteiger charge is 2.28. The van der Waals surface area contributed by atoms with E-state index in [9.17, 15) is 19.4 Å². The van der Waals surface area contributed by atoms with E-state index < -0.39 is 20.0 Å². The van der Waals surface area contributed by atoms with Crippen molar-refractivity contribution in [2.45, 2.75) is 174 Å². The van der Waals surface area contributed by atoms with Crippen LogP contribution in [0.5, 0.6) is 0 Å². The van der Waals surface area contributed by atoms with Crippen molar-refractivity contribution in [1.82, 2.24) is 5.32 Å². The lowest BCUT2D eigenvalue weighted by Crippen LogP contribution is -2.46. The van der Waals surface area contributed by atoms with Crippen LogP contribution in [-0.2, 0) is 18.4 Å². The Hall–Kier alpha value is -3.10. The van der Waals surface area contributed by atoms with Gasteiger partial charge in [-0.15, -0.1) is 0 Å². The predicted molar refractivity (Wildman–Crippen MR) is 272 cm³/mol. The number of allylic oxidation sites excluding steroid dienone is 20. The zero-order valence-electron chi connectivity index (χ0n) is 40.5. The van der Waals surface area contributed by atoms with Crippen LogP contribution in [0.25, 0.3) is 0 Å². The zero-order valence-corrected chi connectivity index (χ0v) is 41.4. The van der Waals surface area contributed by atoms with Gasteiger partial charge in [0.2, 0.25) is 5.91 Å². The number of amides is 1. The average molecular weight is 896 g/mol. The van der Waals surface area contributed by atoms with Crippen molar-refractivity contribution in [1.29, 1.82) is 0 Å². The number of unbranched alkanes of at least 4 members (excludes halogenated alkanes) is 9. The van der Waals surface area contributed by atoms with E-state index in [4.69, 9.17) is 9.05 Å². The average Bonchev–Trinajstić information content (AvgIpc) is 3.24. The van der Waals surface area contributed by atoms with Gasteiger partial charge in [0, 0.05) is 6.42 Å². The van der Waals surface area contributed by atoms with Crippen molar-refractivity contribution >= 4 is 13.7 Å². The summed E-state index contributed by atoms with van der Waals surface area (Å²) >= 11 is 0. The molecule has 63 heavy (non-hydrogen) atoms. The molecule has 0 bridgehead atoms. The van der Waals surface area contributed by atoms with Gasteiger partial charge in [0.15, 0.2) is 0 Å². The Morgan fingerprint density at radius 3 is 1.40 bits per heavy atom. The molecule has 8 nitrogen and oxygen atoms in total. The van der Waals surface area contributed by atoms with Crippen LogP contribution in [0.2, 0.25) is 0 Å². The Balaban J connectivity index is 4.11. The van der Waals surface area contributed by atoms with Gasteiger partial charge in [0.25, 0.3) is 0 Å². The molecule has 3 N–H and O–H groups in total. The lowest BCUT2D eigenvalue weighted by Gasteiger charge is -2.26. The van der Waals surface area contributed by atoms with Gasteiger partial charge in [-0.3, -0.25) is 13.8 Å². The van der Waals surface area contributed by atoms with Crippen molar-refractivity contribution in [3.8, 4) is 0 Å². The van der Waals surface area contributed by atoms with Crippen LogP contribution in [-0.4, -0.2) is 73.4 Å². The van der Waals surface area contributed by atoms with E-state index in [2.05, 4.69) is 141 Å². The molecule has 9 heteroatoms. The summed E-state index contributed by atoms with van der Waals surface area (Å²) in [5.74, 6) is -0.181. The minimum absolute atomic E-state index is 0.0616. The molecule has 0 rings (SSSR count). The van der Waals surface area contributed by atoms with Gasteiger partial charge in [-0.05, 0) is 89.9 Å². The van der Waals surface area contributed by atoms with Crippen LogP contribution in [0.4, 0.5) is 0 Å². The normalized spacial score (nSPS) is 15.2. The molecule has 0 aliphatic carbocycles. The molecule has 0 saturated heterocycles. The third-order valence-electron chi connectivity index (χ3n) is 9.97. The fourth-order valence-corrected chi connectivity index (χ4v) is 6.87. The van der Waals surface area contributed by atoms with Crippen LogP contribution < -0.4 is 5.32 Å². The Morgan fingerprint density at radius 2 is 0.952 bits per heavy atom. The van der Waals surface area contributed by atoms with E-state index in [0.29, 0.717) is 23.9 Å². The Bertz CT molecular complexity index is 1430. The van der Waals surface area contributed by atoms with E-state index in [-0.39, 0.29) is 19.1 Å². The molecule has 0 heterocycles. The van der Waals surface area contributed by atoms with Gasteiger partial charge in [-0.25, -0.2) is 4.57 Å². The highest BCUT2D eigenvalue weighted by molar-refractivity contribution is 7.47. The molecule has 0 radical (unpaired) electrons. The van der Waals surface area contributed by atoms with Crippen molar-refractivity contribution in [3.05, 3.63) is 122 Å². The minimum Gasteiger partial charge on any atom is -0.391 e. The number of hydrogen-bond acceptors (Lipinski definition) is 5. The van der Waals surface area contributed by atoms with Crippen LogP contribution in [0.15, 0.2) is 122 Å². The fraction of sp³-hybridized carbons (Fsp3) is 0.611. The number of carbonyl (C=O) groups is 1. The van der Waals surface area contributed by atoms with E-state index in [0.717, 1.165) is 116 Å². The summed E-state index contributed by atoms with van der Waals surface area (Å²) in [6.07, 6.45) is 65.6. The van der Waals surface area contributed by atoms with E-state index >= 15 is 0 Å². The third-order valence-corrected chi connectivity index (χ3v) is 11.0. The van der Waals surface area contributed by atoms with Gasteiger partial charge >= 0.3 is 7.82 Å². The molecule has 0 fully saturated rings. The number of likely N-dealkylation sites (N-methyl/N-ethyl adjacent to an activating group) is 1. The highest BCUT2D eigenvalue weighted by atomic mass is 31.2. The molecular weight excluding hydrogens is 804 g/mol. The third kappa shape index (κ3) is 46.7. The molecule has 3 atom stereocenters. The quantitative estimate of drug-likeness (QED) is 0.0244. The second kappa shape index (κ2) is 44.1. The highest BCUT2D eigenvalue weighted by Crippen LogP contribution is 2.43. The summed E-state index contributed by atoms with van der Waals surface area (Å²) in [7, 11) is 1.57. The second-order valence-electron chi connectivity index (χ2n) is 17.1. The van der Waals surface area contributed by atoms with Gasteiger partial charge in [0.1, 0.15) is 13.2 Å². The summed E-state index contributed by atoms with van der Waals surface area (Å²) in [6, 6.07) is -0.780. The maximum atomic E-state index is 12.8. The maximum absolute atomic E-state index is 12.8. The molecule has 0 aromatic rings. The van der Waals surface area contributed by atoms with Gasteiger partial charge in [-0.1, -0.05) is 187 Å². The number of aliphatic hydroxyl groups excluding tert-OH is 1. The molecule has 0 aromatic heterocycles. The Morgan fingerprint density at radius 1 is 0.556 bits per heavy atom. The van der Waals surface area contributed by atoms with E-state index in [1.54, 1.807) is 0 Å². The first-order chi connectivity index (χ1) is 30.5. The molecule has 0 aliphatic heterocycles. The summed E-state index contributed by atoms with van der Waals surface area (Å²) in [6.45, 7) is 4.65. The molecule has 0 spiro atoms. The number of aliphatic hydroxyl groups is 1. The van der Waals surface area contributed by atoms with Crippen molar-refractivity contribution in [2.24, 2.45) is 0 Å².